The van der Waals surface area contributed by atoms with Crippen LogP contribution < -0.4 is 0 Å². The van der Waals surface area contributed by atoms with Gasteiger partial charge in [0, 0.05) is 42.0 Å². The third-order valence-electron chi connectivity index (χ3n) is 4.06. The molecule has 6 nitrogen and oxygen atoms in total. The Kier molecular flexibility index (Phi) is 3.86. The van der Waals surface area contributed by atoms with Crippen molar-refractivity contribution < 1.29 is 8.42 Å². The molecule has 0 bridgehead atoms. The first-order chi connectivity index (χ1) is 11.7. The van der Waals surface area contributed by atoms with Crippen LogP contribution in [0.3, 0.4) is 0 Å². The van der Waals surface area contributed by atoms with E-state index in [0.29, 0.717) is 11.5 Å². The average molecular weight is 340 g/mol. The summed E-state index contributed by atoms with van der Waals surface area (Å²) in [5, 5.41) is 0. The van der Waals surface area contributed by atoms with Gasteiger partial charge in [-0.1, -0.05) is 0 Å². The minimum atomic E-state index is -2.47. The van der Waals surface area contributed by atoms with Crippen LogP contribution in [0, 0.1) is 0 Å². The largest absolute Gasteiger partial charge is 0.340 e. The highest BCUT2D eigenvalue weighted by molar-refractivity contribution is 7.71. The Morgan fingerprint density at radius 2 is 1.96 bits per heavy atom. The van der Waals surface area contributed by atoms with Gasteiger partial charge in [0.2, 0.25) is 0 Å². The maximum atomic E-state index is 10.9. The van der Waals surface area contributed by atoms with Crippen LogP contribution in [0.5, 0.6) is 0 Å². The fourth-order valence-electron chi connectivity index (χ4n) is 2.69. The maximum Gasteiger partial charge on any atom is 0.156 e. The third kappa shape index (κ3) is 3.21. The molecular formula is C17H16N4O2S. The van der Waals surface area contributed by atoms with E-state index in [4.69, 9.17) is 0 Å². The zero-order valence-corrected chi connectivity index (χ0v) is 13.7. The van der Waals surface area contributed by atoms with E-state index in [-0.39, 0.29) is 5.75 Å². The lowest BCUT2D eigenvalue weighted by atomic mass is 10.1. The Bertz CT molecular complexity index is 952. The van der Waals surface area contributed by atoms with Crippen molar-refractivity contribution >= 4 is 10.7 Å². The van der Waals surface area contributed by atoms with Gasteiger partial charge in [0.1, 0.15) is 16.4 Å². The first-order valence-corrected chi connectivity index (χ1v) is 9.13. The van der Waals surface area contributed by atoms with Crippen molar-refractivity contribution in [2.75, 3.05) is 0 Å². The maximum absolute atomic E-state index is 10.9. The average Bonchev–Trinajstić information content (AvgIpc) is 3.32. The van der Waals surface area contributed by atoms with Gasteiger partial charge in [-0.15, -0.1) is 0 Å². The third-order valence-corrected chi connectivity index (χ3v) is 4.68. The van der Waals surface area contributed by atoms with Crippen molar-refractivity contribution in [2.45, 2.75) is 24.5 Å². The summed E-state index contributed by atoms with van der Waals surface area (Å²) in [7, 11) is -2.47. The Labute approximate surface area is 141 Å². The minimum Gasteiger partial charge on any atom is -0.340 e. The number of pyridine rings is 2. The summed E-state index contributed by atoms with van der Waals surface area (Å²) < 4.78 is 21.8. The predicted octanol–water partition coefficient (Wildman–Crippen LogP) is 2.52. The van der Waals surface area contributed by atoms with E-state index < -0.39 is 10.7 Å². The molecule has 0 spiro atoms. The van der Waals surface area contributed by atoms with Crippen molar-refractivity contribution in [3.63, 3.8) is 0 Å². The van der Waals surface area contributed by atoms with Crippen LogP contribution >= 0.6 is 0 Å². The summed E-state index contributed by atoms with van der Waals surface area (Å²) in [4.78, 5) is 16.3. The van der Waals surface area contributed by atoms with E-state index in [0.717, 1.165) is 22.6 Å². The van der Waals surface area contributed by atoms with Gasteiger partial charge in [-0.3, -0.25) is 9.97 Å². The highest BCUT2D eigenvalue weighted by Gasteiger charge is 2.25. The molecule has 24 heavy (non-hydrogen) atoms. The lowest BCUT2D eigenvalue weighted by molar-refractivity contribution is 0.614. The summed E-state index contributed by atoms with van der Waals surface area (Å²) in [5.74, 6) is 1.37. The molecule has 7 heteroatoms. The molecule has 1 aliphatic rings. The number of thiol groups is 1. The van der Waals surface area contributed by atoms with Gasteiger partial charge in [-0.05, 0) is 42.2 Å². The van der Waals surface area contributed by atoms with E-state index in [1.165, 1.54) is 18.5 Å². The Balaban J connectivity index is 1.66. The summed E-state index contributed by atoms with van der Waals surface area (Å²) >= 11 is 0. The van der Waals surface area contributed by atoms with Gasteiger partial charge in [-0.25, -0.2) is 13.4 Å². The van der Waals surface area contributed by atoms with Crippen molar-refractivity contribution in [2.24, 2.45) is 0 Å². The molecule has 0 aromatic carbocycles. The van der Waals surface area contributed by atoms with Gasteiger partial charge < -0.3 is 4.98 Å². The molecule has 0 aliphatic heterocycles. The topological polar surface area (TPSA) is 88.6 Å². The van der Waals surface area contributed by atoms with Gasteiger partial charge in [0.25, 0.3) is 0 Å². The normalized spacial score (nSPS) is 14.2. The minimum absolute atomic E-state index is 0.00293. The number of rotatable bonds is 5. The van der Waals surface area contributed by atoms with Gasteiger partial charge in [0.15, 0.2) is 5.82 Å². The van der Waals surface area contributed by atoms with E-state index in [2.05, 4.69) is 19.9 Å². The molecule has 1 fully saturated rings. The number of nitrogens with zero attached hydrogens (tertiary/aromatic N) is 3. The second-order valence-corrected chi connectivity index (χ2v) is 6.95. The zero-order chi connectivity index (χ0) is 16.5. The van der Waals surface area contributed by atoms with E-state index in [1.54, 1.807) is 18.6 Å². The van der Waals surface area contributed by atoms with Gasteiger partial charge in [-0.2, -0.15) is 0 Å². The lowest BCUT2D eigenvalue weighted by Crippen LogP contribution is -1.91. The molecule has 0 amide bonds. The standard InChI is InChI=1S/C17H16N4O2S/c22-24(23)10-11-5-14(8-18-7-11)13-3-4-19-15(6-13)17-20-9-16(21-17)12-1-2-12/h3-9,12,24H,1-2,10H2,(H,20,21). The Hall–Kier alpha value is -2.54. The molecule has 3 aromatic heterocycles. The number of imidazole rings is 1. The number of H-pyrrole nitrogens is 1. The second-order valence-electron chi connectivity index (χ2n) is 5.96. The highest BCUT2D eigenvalue weighted by atomic mass is 32.2. The number of hydrogen-bond acceptors (Lipinski definition) is 5. The predicted molar refractivity (Wildman–Crippen MR) is 91.0 cm³/mol. The van der Waals surface area contributed by atoms with Crippen LogP contribution in [0.1, 0.15) is 30.0 Å². The molecule has 122 valence electrons. The second kappa shape index (κ2) is 6.16. The Morgan fingerprint density at radius 1 is 1.08 bits per heavy atom. The SMILES string of the molecule is O=[SH](=O)Cc1cncc(-c2ccnc(-c3ncc(C4CC4)[nH]3)c2)c1. The summed E-state index contributed by atoms with van der Waals surface area (Å²) in [5.41, 5.74) is 4.40. The molecule has 3 aromatic rings. The van der Waals surface area contributed by atoms with Gasteiger partial charge >= 0.3 is 0 Å². The number of nitrogens with one attached hydrogen (secondary N) is 1. The fraction of sp³-hybridized carbons (Fsp3) is 0.235. The summed E-state index contributed by atoms with van der Waals surface area (Å²) in [6, 6.07) is 5.66. The number of hydrogen-bond donors (Lipinski definition) is 2. The van der Waals surface area contributed by atoms with Crippen molar-refractivity contribution in [1.29, 1.82) is 0 Å². The van der Waals surface area contributed by atoms with Crippen molar-refractivity contribution in [1.82, 2.24) is 19.9 Å². The smallest absolute Gasteiger partial charge is 0.156 e. The van der Waals surface area contributed by atoms with Crippen LogP contribution in [0.2, 0.25) is 0 Å². The zero-order valence-electron chi connectivity index (χ0n) is 12.8. The number of aromatic nitrogens is 4. The summed E-state index contributed by atoms with van der Waals surface area (Å²) in [6.07, 6.45) is 9.34. The van der Waals surface area contributed by atoms with Gasteiger partial charge in [0.05, 0.1) is 5.75 Å². The van der Waals surface area contributed by atoms with Crippen LogP contribution in [0.15, 0.2) is 43.0 Å². The molecule has 1 saturated carbocycles. The van der Waals surface area contributed by atoms with Crippen LogP contribution in [-0.4, -0.2) is 28.4 Å². The monoisotopic (exact) mass is 340 g/mol. The van der Waals surface area contributed by atoms with E-state index in [9.17, 15) is 8.42 Å². The highest BCUT2D eigenvalue weighted by Crippen LogP contribution is 2.39. The quantitative estimate of drug-likeness (QED) is 0.697. The molecule has 0 saturated heterocycles. The molecular weight excluding hydrogens is 324 g/mol. The lowest BCUT2D eigenvalue weighted by Gasteiger charge is -2.05. The first kappa shape index (κ1) is 15.0. The van der Waals surface area contributed by atoms with Crippen molar-refractivity contribution in [3.05, 3.63) is 54.2 Å². The molecule has 1 aliphatic carbocycles. The molecule has 1 N–H and O–H groups in total. The fourth-order valence-corrected chi connectivity index (χ4v) is 3.16. The molecule has 3 heterocycles. The van der Waals surface area contributed by atoms with Crippen LogP contribution in [0.25, 0.3) is 22.6 Å². The molecule has 0 unspecified atom stereocenters. The van der Waals surface area contributed by atoms with E-state index >= 15 is 0 Å². The summed E-state index contributed by atoms with van der Waals surface area (Å²) in [6.45, 7) is 0. The Morgan fingerprint density at radius 3 is 2.75 bits per heavy atom. The van der Waals surface area contributed by atoms with Crippen LogP contribution in [-0.2, 0) is 16.5 Å². The van der Waals surface area contributed by atoms with Crippen LogP contribution in [0.4, 0.5) is 0 Å². The molecule has 4 rings (SSSR count). The van der Waals surface area contributed by atoms with Crippen molar-refractivity contribution in [3.8, 4) is 22.6 Å². The first-order valence-electron chi connectivity index (χ1n) is 7.76. The van der Waals surface area contributed by atoms with E-state index in [1.807, 2.05) is 24.4 Å². The molecule has 0 radical (unpaired) electrons. The molecule has 0 atom stereocenters. The number of aromatic amines is 1.